The van der Waals surface area contributed by atoms with Crippen LogP contribution < -0.4 is 5.32 Å². The summed E-state index contributed by atoms with van der Waals surface area (Å²) >= 11 is 0. The van der Waals surface area contributed by atoms with Crippen LogP contribution in [0.15, 0.2) is 30.3 Å². The van der Waals surface area contributed by atoms with Crippen LogP contribution in [0.25, 0.3) is 11.3 Å². The Morgan fingerprint density at radius 1 is 1.16 bits per heavy atom. The first-order valence-corrected chi connectivity index (χ1v) is 8.47. The van der Waals surface area contributed by atoms with Gasteiger partial charge in [-0.05, 0) is 56.0 Å². The summed E-state index contributed by atoms with van der Waals surface area (Å²) in [5, 5.41) is 3.15. The van der Waals surface area contributed by atoms with Crippen LogP contribution in [0.5, 0.6) is 0 Å². The van der Waals surface area contributed by atoms with Crippen molar-refractivity contribution in [2.45, 2.75) is 38.2 Å². The second-order valence-electron chi connectivity index (χ2n) is 6.38. The second kappa shape index (κ2) is 8.28. The molecule has 25 heavy (non-hydrogen) atoms. The average Bonchev–Trinajstić information content (AvgIpc) is 2.98. The molecule has 0 saturated heterocycles. The van der Waals surface area contributed by atoms with Gasteiger partial charge >= 0.3 is 5.92 Å². The molecule has 3 rings (SSSR count). The highest BCUT2D eigenvalue weighted by atomic mass is 35.5. The third-order valence-corrected chi connectivity index (χ3v) is 4.74. The maximum absolute atomic E-state index is 13.7. The molecule has 2 aromatic rings. The number of aryl methyl sites for hydroxylation is 1. The van der Waals surface area contributed by atoms with Crippen molar-refractivity contribution in [3.05, 3.63) is 47.2 Å². The molecule has 0 radical (unpaired) electrons. The summed E-state index contributed by atoms with van der Waals surface area (Å²) in [7, 11) is 1.90. The number of hydrogen-bond acceptors (Lipinski definition) is 1. The topological polar surface area (TPSA) is 17.0 Å². The molecule has 1 heterocycles. The monoisotopic (exact) mass is 372 g/mol. The molecule has 0 atom stereocenters. The fraction of sp³-hybridized carbons (Fsp3) is 0.474. The van der Waals surface area contributed by atoms with Crippen LogP contribution in [-0.4, -0.2) is 24.8 Å². The predicted octanol–water partition coefficient (Wildman–Crippen LogP) is 4.74. The van der Waals surface area contributed by atoms with E-state index >= 15 is 0 Å². The average molecular weight is 373 g/mol. The number of hydrogen-bond donors (Lipinski definition) is 1. The molecule has 138 valence electrons. The standard InChI is InChI=1S/C19H23F3N2.ClH/c1-23-9-10-24-17-8-3-2-5-15(17)12-18(24)14-6-4-7-16(11-14)19(21,22)13-20;/h4,6-7,11-12,23H,2-3,5,8-10,13H2,1H3;1H. The van der Waals surface area contributed by atoms with Gasteiger partial charge < -0.3 is 9.88 Å². The van der Waals surface area contributed by atoms with Crippen LogP contribution in [0.4, 0.5) is 13.2 Å². The van der Waals surface area contributed by atoms with Crippen molar-refractivity contribution >= 4 is 12.4 Å². The van der Waals surface area contributed by atoms with Gasteiger partial charge in [0.25, 0.3) is 0 Å². The van der Waals surface area contributed by atoms with Crippen LogP contribution >= 0.6 is 12.4 Å². The molecule has 1 aliphatic carbocycles. The first-order valence-electron chi connectivity index (χ1n) is 8.47. The van der Waals surface area contributed by atoms with Gasteiger partial charge in [0.1, 0.15) is 0 Å². The van der Waals surface area contributed by atoms with Gasteiger partial charge in [0.05, 0.1) is 0 Å². The first kappa shape index (κ1) is 19.9. The highest BCUT2D eigenvalue weighted by Crippen LogP contribution is 2.34. The largest absolute Gasteiger partial charge is 0.343 e. The van der Waals surface area contributed by atoms with Gasteiger partial charge in [0.15, 0.2) is 6.67 Å². The highest BCUT2D eigenvalue weighted by Gasteiger charge is 2.32. The van der Waals surface area contributed by atoms with E-state index in [2.05, 4.69) is 16.0 Å². The summed E-state index contributed by atoms with van der Waals surface area (Å²) < 4.78 is 42.3. The Labute approximate surface area is 152 Å². The van der Waals surface area contributed by atoms with Gasteiger partial charge in [-0.15, -0.1) is 12.4 Å². The van der Waals surface area contributed by atoms with E-state index in [1.165, 1.54) is 29.8 Å². The Balaban J connectivity index is 0.00000225. The van der Waals surface area contributed by atoms with E-state index in [-0.39, 0.29) is 18.0 Å². The highest BCUT2D eigenvalue weighted by molar-refractivity contribution is 5.85. The maximum Gasteiger partial charge on any atom is 0.301 e. The lowest BCUT2D eigenvalue weighted by Gasteiger charge is -2.18. The van der Waals surface area contributed by atoms with Crippen molar-refractivity contribution < 1.29 is 13.2 Å². The smallest absolute Gasteiger partial charge is 0.301 e. The zero-order valence-electron chi connectivity index (χ0n) is 14.3. The van der Waals surface area contributed by atoms with Gasteiger partial charge in [-0.1, -0.05) is 18.2 Å². The molecule has 2 nitrogen and oxygen atoms in total. The summed E-state index contributed by atoms with van der Waals surface area (Å²) in [4.78, 5) is 0. The minimum atomic E-state index is -3.43. The van der Waals surface area contributed by atoms with E-state index in [4.69, 9.17) is 0 Å². The summed E-state index contributed by atoms with van der Waals surface area (Å²) in [6.45, 7) is -0.0624. The van der Waals surface area contributed by atoms with Crippen LogP contribution in [0, 0.1) is 0 Å². The fourth-order valence-corrected chi connectivity index (χ4v) is 3.47. The van der Waals surface area contributed by atoms with Gasteiger partial charge in [0.2, 0.25) is 0 Å². The normalized spacial score (nSPS) is 14.1. The number of rotatable bonds is 6. The molecule has 0 amide bonds. The third kappa shape index (κ3) is 4.04. The summed E-state index contributed by atoms with van der Waals surface area (Å²) in [5.41, 5.74) is 4.05. The SMILES string of the molecule is CNCCn1c(-c2cccc(C(F)(F)CF)c2)cc2c1CCCC2.Cl. The number of halogens is 4. The van der Waals surface area contributed by atoms with Gasteiger partial charge in [-0.25, -0.2) is 4.39 Å². The molecular weight excluding hydrogens is 349 g/mol. The van der Waals surface area contributed by atoms with Crippen molar-refractivity contribution in [3.63, 3.8) is 0 Å². The lowest BCUT2D eigenvalue weighted by Crippen LogP contribution is -2.18. The maximum atomic E-state index is 13.7. The van der Waals surface area contributed by atoms with E-state index < -0.39 is 12.6 Å². The first-order chi connectivity index (χ1) is 11.6. The van der Waals surface area contributed by atoms with E-state index in [1.54, 1.807) is 6.07 Å². The van der Waals surface area contributed by atoms with Crippen LogP contribution in [0.1, 0.15) is 29.7 Å². The van der Waals surface area contributed by atoms with Gasteiger partial charge in [-0.2, -0.15) is 8.78 Å². The molecular formula is C19H24ClF3N2. The molecule has 0 spiro atoms. The molecule has 0 fully saturated rings. The lowest BCUT2D eigenvalue weighted by molar-refractivity contribution is -0.0280. The molecule has 1 aliphatic rings. The van der Waals surface area contributed by atoms with Crippen molar-refractivity contribution in [1.29, 1.82) is 0 Å². The molecule has 0 saturated carbocycles. The Morgan fingerprint density at radius 2 is 1.92 bits per heavy atom. The summed E-state index contributed by atoms with van der Waals surface area (Å²) in [6.07, 6.45) is 4.40. The number of fused-ring (bicyclic) bond motifs is 1. The molecule has 1 aromatic carbocycles. The molecule has 0 aliphatic heterocycles. The Kier molecular flexibility index (Phi) is 6.58. The molecule has 1 N–H and O–H groups in total. The zero-order chi connectivity index (χ0) is 17.2. The quantitative estimate of drug-likeness (QED) is 0.775. The van der Waals surface area contributed by atoms with Crippen LogP contribution in [0.2, 0.25) is 0 Å². The van der Waals surface area contributed by atoms with Crippen molar-refractivity contribution in [2.75, 3.05) is 20.3 Å². The minimum Gasteiger partial charge on any atom is -0.343 e. The van der Waals surface area contributed by atoms with E-state index in [9.17, 15) is 13.2 Å². The number of nitrogens with zero attached hydrogens (tertiary/aromatic N) is 1. The number of benzene rings is 1. The molecule has 0 bridgehead atoms. The molecule has 1 aromatic heterocycles. The molecule has 6 heteroatoms. The van der Waals surface area contributed by atoms with Crippen molar-refractivity contribution in [2.24, 2.45) is 0 Å². The minimum absolute atomic E-state index is 0. The van der Waals surface area contributed by atoms with Crippen molar-refractivity contribution in [1.82, 2.24) is 9.88 Å². The third-order valence-electron chi connectivity index (χ3n) is 4.74. The molecule has 0 unspecified atom stereocenters. The fourth-order valence-electron chi connectivity index (χ4n) is 3.47. The van der Waals surface area contributed by atoms with E-state index in [0.717, 1.165) is 43.6 Å². The zero-order valence-corrected chi connectivity index (χ0v) is 15.1. The Hall–Kier alpha value is -1.46. The van der Waals surface area contributed by atoms with Crippen LogP contribution in [-0.2, 0) is 25.3 Å². The van der Waals surface area contributed by atoms with Gasteiger partial charge in [-0.3, -0.25) is 0 Å². The van der Waals surface area contributed by atoms with E-state index in [0.29, 0.717) is 0 Å². The van der Waals surface area contributed by atoms with Crippen molar-refractivity contribution in [3.8, 4) is 11.3 Å². The number of likely N-dealkylation sites (N-methyl/N-ethyl adjacent to an activating group) is 1. The summed E-state index contributed by atoms with van der Waals surface area (Å²) in [6, 6.07) is 8.26. The van der Waals surface area contributed by atoms with Gasteiger partial charge in [0, 0.05) is 30.0 Å². The number of alkyl halides is 3. The predicted molar refractivity (Wildman–Crippen MR) is 97.6 cm³/mol. The van der Waals surface area contributed by atoms with E-state index in [1.807, 2.05) is 13.1 Å². The van der Waals surface area contributed by atoms with Crippen LogP contribution in [0.3, 0.4) is 0 Å². The lowest BCUT2D eigenvalue weighted by atomic mass is 9.97. The second-order valence-corrected chi connectivity index (χ2v) is 6.38. The summed E-state index contributed by atoms with van der Waals surface area (Å²) in [5.74, 6) is -3.43. The number of aromatic nitrogens is 1. The Morgan fingerprint density at radius 3 is 2.64 bits per heavy atom. The number of nitrogens with one attached hydrogen (secondary N) is 1. The Bertz CT molecular complexity index is 713.